The second-order valence-electron chi connectivity index (χ2n) is 7.76. The zero-order valence-electron chi connectivity index (χ0n) is 13.2. The molecule has 0 saturated carbocycles. The molecule has 0 amide bonds. The first-order valence-electron chi connectivity index (χ1n) is 6.24. The van der Waals surface area contributed by atoms with Crippen LogP contribution in [0.15, 0.2) is 0 Å². The highest BCUT2D eigenvalue weighted by atomic mass is 28.4. The van der Waals surface area contributed by atoms with E-state index in [1.807, 2.05) is 0 Å². The fourth-order valence-corrected chi connectivity index (χ4v) is 1.41. The van der Waals surface area contributed by atoms with Crippen LogP contribution in [0.25, 0.3) is 0 Å². The van der Waals surface area contributed by atoms with Crippen LogP contribution in [-0.2, 0) is 14.2 Å². The maximum absolute atomic E-state index is 5.58. The van der Waals surface area contributed by atoms with Crippen LogP contribution in [0.5, 0.6) is 0 Å². The molecule has 0 aliphatic rings. The second-order valence-corrected chi connectivity index (χ2v) is 17.1. The average molecular weight is 279 g/mol. The lowest BCUT2D eigenvalue weighted by molar-refractivity contribution is -0.431. The zero-order chi connectivity index (χ0) is 14.1. The molecule has 0 aromatic heterocycles. The van der Waals surface area contributed by atoms with Crippen molar-refractivity contribution >= 4 is 16.6 Å². The molecule has 0 unspecified atom stereocenters. The van der Waals surface area contributed by atoms with Crippen LogP contribution in [0.4, 0.5) is 0 Å². The van der Waals surface area contributed by atoms with Gasteiger partial charge in [0.05, 0.1) is 0 Å². The van der Waals surface area contributed by atoms with Crippen LogP contribution in [-0.4, -0.2) is 16.6 Å². The van der Waals surface area contributed by atoms with Gasteiger partial charge in [-0.05, 0) is 36.3 Å². The molecular weight excluding hydrogens is 248 g/mol. The fraction of sp³-hybridized carbons (Fsp3) is 1.00. The molecule has 0 fully saturated rings. The SMILES string of the molecule is CC(C)(C)[Si](C)(C)OOO[Si](C)(C)C(C)(C)C. The van der Waals surface area contributed by atoms with Gasteiger partial charge in [0.1, 0.15) is 0 Å². The maximum atomic E-state index is 5.58. The van der Waals surface area contributed by atoms with Crippen molar-refractivity contribution in [2.45, 2.75) is 77.8 Å². The van der Waals surface area contributed by atoms with Crippen LogP contribution >= 0.6 is 0 Å². The molecule has 0 atom stereocenters. The van der Waals surface area contributed by atoms with Gasteiger partial charge >= 0.3 is 0 Å². The molecule has 0 aliphatic carbocycles. The predicted molar refractivity (Wildman–Crippen MR) is 77.6 cm³/mol. The van der Waals surface area contributed by atoms with Crippen molar-refractivity contribution in [3.05, 3.63) is 0 Å². The van der Waals surface area contributed by atoms with E-state index in [1.165, 1.54) is 0 Å². The number of rotatable bonds is 4. The first-order valence-corrected chi connectivity index (χ1v) is 12.1. The Morgan fingerprint density at radius 1 is 0.588 bits per heavy atom. The van der Waals surface area contributed by atoms with Gasteiger partial charge in [0, 0.05) is 0 Å². The minimum Gasteiger partial charge on any atom is -0.258 e. The molecule has 0 spiro atoms. The molecule has 5 heteroatoms. The summed E-state index contributed by atoms with van der Waals surface area (Å²) in [5, 5.41) is 5.40. The number of hydrogen-bond acceptors (Lipinski definition) is 3. The van der Waals surface area contributed by atoms with Crippen LogP contribution in [0.2, 0.25) is 36.3 Å². The van der Waals surface area contributed by atoms with Gasteiger partial charge in [0.2, 0.25) is 16.6 Å². The quantitative estimate of drug-likeness (QED) is 0.417. The van der Waals surface area contributed by atoms with E-state index in [1.54, 1.807) is 0 Å². The summed E-state index contributed by atoms with van der Waals surface area (Å²) in [4.78, 5) is 0. The lowest BCUT2D eigenvalue weighted by Crippen LogP contribution is -2.45. The largest absolute Gasteiger partial charge is 0.258 e. The Morgan fingerprint density at radius 3 is 1.00 bits per heavy atom. The summed E-state index contributed by atoms with van der Waals surface area (Å²) in [6, 6.07) is 0. The Morgan fingerprint density at radius 2 is 0.824 bits per heavy atom. The second kappa shape index (κ2) is 5.13. The summed E-state index contributed by atoms with van der Waals surface area (Å²) in [5.74, 6) is 0. The third-order valence-electron chi connectivity index (χ3n) is 4.10. The summed E-state index contributed by atoms with van der Waals surface area (Å²) in [6.07, 6.45) is 0. The highest BCUT2D eigenvalue weighted by Gasteiger charge is 2.42. The Hall–Kier alpha value is 0.314. The first kappa shape index (κ1) is 17.3. The van der Waals surface area contributed by atoms with Crippen molar-refractivity contribution in [3.8, 4) is 0 Å². The topological polar surface area (TPSA) is 27.7 Å². The van der Waals surface area contributed by atoms with E-state index < -0.39 is 16.6 Å². The van der Waals surface area contributed by atoms with Gasteiger partial charge in [0.25, 0.3) is 0 Å². The van der Waals surface area contributed by atoms with Crippen molar-refractivity contribution < 1.29 is 14.2 Å². The van der Waals surface area contributed by atoms with E-state index in [9.17, 15) is 0 Å². The minimum absolute atomic E-state index is 0.129. The predicted octanol–water partition coefficient (Wildman–Crippen LogP) is 4.88. The van der Waals surface area contributed by atoms with Gasteiger partial charge in [-0.2, -0.15) is 0 Å². The third kappa shape index (κ3) is 4.83. The molecule has 0 heterocycles. The Balaban J connectivity index is 4.36. The van der Waals surface area contributed by atoms with E-state index in [0.717, 1.165) is 0 Å². The van der Waals surface area contributed by atoms with Crippen molar-refractivity contribution in [2.75, 3.05) is 0 Å². The molecule has 104 valence electrons. The van der Waals surface area contributed by atoms with Gasteiger partial charge in [-0.15, -0.1) is 0 Å². The van der Waals surface area contributed by atoms with Crippen molar-refractivity contribution in [2.24, 2.45) is 0 Å². The smallest absolute Gasteiger partial charge is 0.242 e. The molecule has 0 aromatic rings. The Labute approximate surface area is 109 Å². The normalized spacial score (nSPS) is 15.2. The van der Waals surface area contributed by atoms with Crippen LogP contribution < -0.4 is 0 Å². The van der Waals surface area contributed by atoms with Gasteiger partial charge in [-0.3, -0.25) is 9.15 Å². The van der Waals surface area contributed by atoms with Gasteiger partial charge in [0.15, 0.2) is 0 Å². The molecule has 17 heavy (non-hydrogen) atoms. The van der Waals surface area contributed by atoms with Crippen molar-refractivity contribution in [1.82, 2.24) is 0 Å². The lowest BCUT2D eigenvalue weighted by Gasteiger charge is -2.37. The lowest BCUT2D eigenvalue weighted by atomic mass is 10.2. The number of hydrogen-bond donors (Lipinski definition) is 0. The summed E-state index contributed by atoms with van der Waals surface area (Å²) in [5.41, 5.74) is 0. The fourth-order valence-electron chi connectivity index (χ4n) is 0.437. The molecular formula is C12H30O3Si2. The molecule has 0 bridgehead atoms. The molecule has 0 rings (SSSR count). The Kier molecular flexibility index (Phi) is 5.22. The van der Waals surface area contributed by atoms with E-state index in [0.29, 0.717) is 0 Å². The Bertz CT molecular complexity index is 223. The standard InChI is InChI=1S/C12H30O3Si2/c1-11(2,3)16(7,8)14-13-15-17(9,10)12(4,5)6/h1-10H3. The summed E-state index contributed by atoms with van der Waals surface area (Å²) < 4.78 is 11.2. The molecule has 3 nitrogen and oxygen atoms in total. The first-order chi connectivity index (χ1) is 7.21. The summed E-state index contributed by atoms with van der Waals surface area (Å²) in [6.45, 7) is 21.6. The molecule has 0 N–H and O–H groups in total. The zero-order valence-corrected chi connectivity index (χ0v) is 15.2. The monoisotopic (exact) mass is 278 g/mol. The molecule has 0 aromatic carbocycles. The van der Waals surface area contributed by atoms with Crippen molar-refractivity contribution in [3.63, 3.8) is 0 Å². The van der Waals surface area contributed by atoms with Crippen molar-refractivity contribution in [1.29, 1.82) is 0 Å². The molecule has 0 saturated heterocycles. The van der Waals surface area contributed by atoms with Gasteiger partial charge in [-0.25, -0.2) is 0 Å². The van der Waals surface area contributed by atoms with E-state index >= 15 is 0 Å². The maximum Gasteiger partial charge on any atom is 0.242 e. The van der Waals surface area contributed by atoms with Crippen LogP contribution in [0.3, 0.4) is 0 Å². The molecule has 0 radical (unpaired) electrons. The van der Waals surface area contributed by atoms with Gasteiger partial charge in [-0.1, -0.05) is 46.6 Å². The minimum atomic E-state index is -1.89. The van der Waals surface area contributed by atoms with Gasteiger partial charge < -0.3 is 0 Å². The van der Waals surface area contributed by atoms with E-state index in [4.69, 9.17) is 14.2 Å². The van der Waals surface area contributed by atoms with Crippen LogP contribution in [0, 0.1) is 0 Å². The van der Waals surface area contributed by atoms with Crippen LogP contribution in [0.1, 0.15) is 41.5 Å². The third-order valence-corrected chi connectivity index (χ3v) is 12.3. The average Bonchev–Trinajstić information content (AvgIpc) is 1.98. The van der Waals surface area contributed by atoms with E-state index in [2.05, 4.69) is 67.7 Å². The summed E-state index contributed by atoms with van der Waals surface area (Å²) in [7, 11) is -3.78. The molecule has 0 aliphatic heterocycles. The highest BCUT2D eigenvalue weighted by Crippen LogP contribution is 2.39. The van der Waals surface area contributed by atoms with E-state index in [-0.39, 0.29) is 10.1 Å². The highest BCUT2D eigenvalue weighted by molar-refractivity contribution is 6.74. The summed E-state index contributed by atoms with van der Waals surface area (Å²) >= 11 is 0.